The van der Waals surface area contributed by atoms with Gasteiger partial charge in [-0.2, -0.15) is 4.98 Å². The molecule has 0 aliphatic carbocycles. The quantitative estimate of drug-likeness (QED) is 0.470. The third-order valence-corrected chi connectivity index (χ3v) is 5.60. The number of anilines is 3. The van der Waals surface area contributed by atoms with Gasteiger partial charge in [0.15, 0.2) is 0 Å². The second-order valence-electron chi connectivity index (χ2n) is 8.67. The fraction of sp³-hybridized carbons (Fsp3) is 0.292. The lowest BCUT2D eigenvalue weighted by Crippen LogP contribution is -2.49. The van der Waals surface area contributed by atoms with E-state index in [2.05, 4.69) is 32.4 Å². The molecule has 0 radical (unpaired) electrons. The van der Waals surface area contributed by atoms with Gasteiger partial charge in [-0.05, 0) is 31.5 Å². The van der Waals surface area contributed by atoms with E-state index in [1.807, 2.05) is 61.0 Å². The molecule has 0 bridgehead atoms. The Bertz CT molecular complexity index is 1260. The molecule has 2 aromatic heterocycles. The lowest BCUT2D eigenvalue weighted by Gasteiger charge is -2.37. The van der Waals surface area contributed by atoms with Crippen molar-refractivity contribution in [1.82, 2.24) is 24.3 Å². The number of fused-ring (bicyclic) bond motifs is 1. The summed E-state index contributed by atoms with van der Waals surface area (Å²) in [6, 6.07) is 16.0. The lowest BCUT2D eigenvalue weighted by molar-refractivity contribution is 0.0359. The summed E-state index contributed by atoms with van der Waals surface area (Å²) in [4.78, 5) is 11.1. The zero-order chi connectivity index (χ0) is 23.0. The summed E-state index contributed by atoms with van der Waals surface area (Å²) >= 11 is 0. The van der Waals surface area contributed by atoms with Crippen LogP contribution in [0.1, 0.15) is 18.2 Å². The van der Waals surface area contributed by atoms with Gasteiger partial charge in [-0.15, -0.1) is 5.10 Å². The predicted molar refractivity (Wildman–Crippen MR) is 126 cm³/mol. The molecule has 2 N–H and O–H groups in total. The summed E-state index contributed by atoms with van der Waals surface area (Å²) in [5.74, 6) is 1.90. The third kappa shape index (κ3) is 4.40. The maximum absolute atomic E-state index is 10.8. The molecule has 1 atom stereocenters. The monoisotopic (exact) mass is 445 g/mol. The van der Waals surface area contributed by atoms with E-state index in [0.717, 1.165) is 28.6 Å². The van der Waals surface area contributed by atoms with Gasteiger partial charge in [0.2, 0.25) is 11.9 Å². The molecule has 0 spiro atoms. The first kappa shape index (κ1) is 21.0. The molecule has 0 fully saturated rings. The largest absolute Gasteiger partial charge is 0.494 e. The van der Waals surface area contributed by atoms with Crippen molar-refractivity contribution in [2.24, 2.45) is 0 Å². The van der Waals surface area contributed by atoms with Gasteiger partial charge in [-0.3, -0.25) is 0 Å². The van der Waals surface area contributed by atoms with Gasteiger partial charge in [0.05, 0.1) is 43.5 Å². The Morgan fingerprint density at radius 2 is 1.97 bits per heavy atom. The van der Waals surface area contributed by atoms with E-state index < -0.39 is 5.60 Å². The van der Waals surface area contributed by atoms with Crippen molar-refractivity contribution in [3.8, 4) is 11.4 Å². The van der Waals surface area contributed by atoms with Crippen LogP contribution in [0.2, 0.25) is 0 Å². The van der Waals surface area contributed by atoms with Crippen LogP contribution in [0.25, 0.3) is 5.69 Å². The molecule has 170 valence electrons. The molecule has 0 amide bonds. The van der Waals surface area contributed by atoms with Crippen LogP contribution < -0.4 is 15.0 Å². The lowest BCUT2D eigenvalue weighted by atomic mass is 10.0. The molecule has 5 rings (SSSR count). The maximum atomic E-state index is 10.8. The van der Waals surface area contributed by atoms with E-state index in [1.165, 1.54) is 0 Å². The summed E-state index contributed by atoms with van der Waals surface area (Å²) in [7, 11) is 1.64. The molecular weight excluding hydrogens is 418 g/mol. The number of hydrogen-bond donors (Lipinski definition) is 2. The number of methoxy groups -OCH3 is 1. The normalized spacial score (nSPS) is 17.6. The minimum atomic E-state index is -0.902. The van der Waals surface area contributed by atoms with Gasteiger partial charge < -0.3 is 24.6 Å². The highest BCUT2D eigenvalue weighted by Crippen LogP contribution is 2.30. The van der Waals surface area contributed by atoms with Gasteiger partial charge in [0, 0.05) is 24.5 Å². The minimum Gasteiger partial charge on any atom is -0.494 e. The zero-order valence-electron chi connectivity index (χ0n) is 18.9. The molecular formula is C24H27N7O2. The Kier molecular flexibility index (Phi) is 5.26. The number of rotatable bonds is 6. The standard InChI is InChI=1S/C24H27N7O2/c1-17-12-30(16-25-17)20-10-9-19(11-21(20)33-3)26-22-27-23-29(13-18-7-5-4-6-8-18)14-24(2,32)15-31(23)28-22/h4-12,16,32H,13-15H2,1-3H3,(H,26,28). The number of imidazole rings is 1. The van der Waals surface area contributed by atoms with E-state index in [-0.39, 0.29) is 0 Å². The Morgan fingerprint density at radius 3 is 2.70 bits per heavy atom. The van der Waals surface area contributed by atoms with Crippen molar-refractivity contribution in [1.29, 1.82) is 0 Å². The van der Waals surface area contributed by atoms with E-state index in [1.54, 1.807) is 18.1 Å². The van der Waals surface area contributed by atoms with Crippen LogP contribution >= 0.6 is 0 Å². The average Bonchev–Trinajstić information content (AvgIpc) is 3.39. The van der Waals surface area contributed by atoms with Crippen molar-refractivity contribution in [3.05, 3.63) is 72.3 Å². The highest BCUT2D eigenvalue weighted by molar-refractivity contribution is 5.62. The maximum Gasteiger partial charge on any atom is 0.248 e. The molecule has 0 saturated carbocycles. The first-order valence-electron chi connectivity index (χ1n) is 10.8. The minimum absolute atomic E-state index is 0.380. The molecule has 1 unspecified atom stereocenters. The first-order chi connectivity index (χ1) is 15.9. The van der Waals surface area contributed by atoms with Crippen LogP contribution in [0.4, 0.5) is 17.6 Å². The van der Waals surface area contributed by atoms with Gasteiger partial charge >= 0.3 is 0 Å². The van der Waals surface area contributed by atoms with Gasteiger partial charge in [0.25, 0.3) is 0 Å². The highest BCUT2D eigenvalue weighted by atomic mass is 16.5. The molecule has 2 aromatic carbocycles. The summed E-state index contributed by atoms with van der Waals surface area (Å²) in [5.41, 5.74) is 2.88. The Hall–Kier alpha value is -3.85. The van der Waals surface area contributed by atoms with Crippen LogP contribution in [-0.4, -0.2) is 48.7 Å². The Labute approximate surface area is 192 Å². The van der Waals surface area contributed by atoms with Crippen LogP contribution in [0.3, 0.4) is 0 Å². The van der Waals surface area contributed by atoms with Gasteiger partial charge in [0.1, 0.15) is 5.75 Å². The highest BCUT2D eigenvalue weighted by Gasteiger charge is 2.34. The van der Waals surface area contributed by atoms with Crippen molar-refractivity contribution >= 4 is 17.6 Å². The van der Waals surface area contributed by atoms with Crippen LogP contribution in [0.15, 0.2) is 61.1 Å². The molecule has 33 heavy (non-hydrogen) atoms. The number of ether oxygens (including phenoxy) is 1. The van der Waals surface area contributed by atoms with Crippen LogP contribution in [0, 0.1) is 6.92 Å². The summed E-state index contributed by atoms with van der Waals surface area (Å²) in [6.07, 6.45) is 3.71. The van der Waals surface area contributed by atoms with Gasteiger partial charge in [-0.1, -0.05) is 30.3 Å². The first-order valence-corrected chi connectivity index (χ1v) is 10.8. The van der Waals surface area contributed by atoms with Crippen LogP contribution in [-0.2, 0) is 13.1 Å². The molecule has 3 heterocycles. The molecule has 9 nitrogen and oxygen atoms in total. The average molecular weight is 446 g/mol. The summed E-state index contributed by atoms with van der Waals surface area (Å²) in [5, 5.41) is 18.7. The number of hydrogen-bond acceptors (Lipinski definition) is 7. The third-order valence-electron chi connectivity index (χ3n) is 5.60. The number of nitrogens with one attached hydrogen (secondary N) is 1. The number of nitrogens with zero attached hydrogens (tertiary/aromatic N) is 6. The second kappa shape index (κ2) is 8.25. The smallest absolute Gasteiger partial charge is 0.248 e. The number of aryl methyl sites for hydroxylation is 1. The van der Waals surface area contributed by atoms with E-state index in [4.69, 9.17) is 9.72 Å². The molecule has 4 aromatic rings. The van der Waals surface area contributed by atoms with Crippen molar-refractivity contribution in [2.45, 2.75) is 32.5 Å². The summed E-state index contributed by atoms with van der Waals surface area (Å²) in [6.45, 7) is 5.27. The number of benzene rings is 2. The van der Waals surface area contributed by atoms with Crippen LogP contribution in [0.5, 0.6) is 5.75 Å². The number of aliphatic hydroxyl groups is 1. The molecule has 1 aliphatic heterocycles. The zero-order valence-corrected chi connectivity index (χ0v) is 18.9. The Balaban J connectivity index is 1.41. The van der Waals surface area contributed by atoms with Crippen molar-refractivity contribution < 1.29 is 9.84 Å². The van der Waals surface area contributed by atoms with Crippen molar-refractivity contribution in [2.75, 3.05) is 23.9 Å². The predicted octanol–water partition coefficient (Wildman–Crippen LogP) is 3.30. The fourth-order valence-electron chi connectivity index (χ4n) is 4.16. The molecule has 1 aliphatic rings. The number of aromatic nitrogens is 5. The molecule has 0 saturated heterocycles. The van der Waals surface area contributed by atoms with Gasteiger partial charge in [-0.25, -0.2) is 9.67 Å². The molecule has 9 heteroatoms. The van der Waals surface area contributed by atoms with E-state index in [9.17, 15) is 5.11 Å². The fourth-order valence-corrected chi connectivity index (χ4v) is 4.16. The van der Waals surface area contributed by atoms with E-state index in [0.29, 0.717) is 31.3 Å². The summed E-state index contributed by atoms with van der Waals surface area (Å²) < 4.78 is 9.29. The second-order valence-corrected chi connectivity index (χ2v) is 8.67. The van der Waals surface area contributed by atoms with Crippen molar-refractivity contribution in [3.63, 3.8) is 0 Å². The number of β-amino-alcohol motifs (C(OH)–C–C–N with tert-alkyl or cyclic N) is 1. The topological polar surface area (TPSA) is 93.3 Å². The SMILES string of the molecule is COc1cc(Nc2nc3n(n2)CC(C)(O)CN3Cc2ccccc2)ccc1-n1cnc(C)c1. The van der Waals surface area contributed by atoms with E-state index >= 15 is 0 Å². The Morgan fingerprint density at radius 1 is 1.15 bits per heavy atom.